The zero-order valence-corrected chi connectivity index (χ0v) is 11.7. The lowest BCUT2D eigenvalue weighted by molar-refractivity contribution is -0.142. The fourth-order valence-electron chi connectivity index (χ4n) is 2.47. The molecule has 1 aromatic heterocycles. The van der Waals surface area contributed by atoms with Crippen molar-refractivity contribution in [2.24, 2.45) is 5.92 Å². The summed E-state index contributed by atoms with van der Waals surface area (Å²) in [5, 5.41) is 19.0. The van der Waals surface area contributed by atoms with E-state index in [-0.39, 0.29) is 24.5 Å². The summed E-state index contributed by atoms with van der Waals surface area (Å²) in [5.74, 6) is -2.34. The number of carboxylic acid groups (broad SMARTS) is 1. The highest BCUT2D eigenvalue weighted by Gasteiger charge is 2.40. The van der Waals surface area contributed by atoms with Crippen molar-refractivity contribution in [1.82, 2.24) is 9.88 Å². The van der Waals surface area contributed by atoms with Crippen molar-refractivity contribution in [3.8, 4) is 5.75 Å². The first-order chi connectivity index (χ1) is 10.1. The van der Waals surface area contributed by atoms with Gasteiger partial charge in [-0.3, -0.25) is 14.6 Å². The van der Waals surface area contributed by atoms with Crippen LogP contribution < -0.4 is 0 Å². The molecule has 0 radical (unpaired) electrons. The Morgan fingerprint density at radius 2 is 2.24 bits per heavy atom. The van der Waals surface area contributed by atoms with Gasteiger partial charge in [0, 0.05) is 12.7 Å². The molecular weight excluding hydrogens is 276 g/mol. The zero-order valence-electron chi connectivity index (χ0n) is 11.7. The van der Waals surface area contributed by atoms with Gasteiger partial charge in [0.25, 0.3) is 5.91 Å². The van der Waals surface area contributed by atoms with E-state index in [0.29, 0.717) is 13.0 Å². The Bertz CT molecular complexity index is 534. The Kier molecular flexibility index (Phi) is 4.74. The van der Waals surface area contributed by atoms with Crippen molar-refractivity contribution in [3.63, 3.8) is 0 Å². The van der Waals surface area contributed by atoms with Gasteiger partial charge in [-0.15, -0.1) is 0 Å². The predicted octanol–water partition coefficient (Wildman–Crippen LogP) is 0.739. The Labute approximate surface area is 122 Å². The molecule has 1 aliphatic heterocycles. The summed E-state index contributed by atoms with van der Waals surface area (Å²) in [7, 11) is 0. The van der Waals surface area contributed by atoms with E-state index in [9.17, 15) is 19.8 Å². The highest BCUT2D eigenvalue weighted by Crippen LogP contribution is 2.24. The molecule has 7 heteroatoms. The number of nitrogens with zero attached hydrogens (tertiary/aromatic N) is 2. The minimum Gasteiger partial charge on any atom is -0.505 e. The summed E-state index contributed by atoms with van der Waals surface area (Å²) < 4.78 is 5.23. The van der Waals surface area contributed by atoms with E-state index < -0.39 is 23.8 Å². The van der Waals surface area contributed by atoms with E-state index in [1.165, 1.54) is 23.4 Å². The highest BCUT2D eigenvalue weighted by atomic mass is 16.5. The topological polar surface area (TPSA) is 100.0 Å². The highest BCUT2D eigenvalue weighted by molar-refractivity contribution is 5.97. The second-order valence-electron chi connectivity index (χ2n) is 4.94. The fraction of sp³-hybridized carbons (Fsp3) is 0.500. The number of aromatic hydroxyl groups is 1. The third kappa shape index (κ3) is 3.13. The normalized spacial score (nSPS) is 21.2. The number of aromatic nitrogens is 1. The lowest BCUT2D eigenvalue weighted by Crippen LogP contribution is -2.47. The van der Waals surface area contributed by atoms with Gasteiger partial charge in [-0.05, 0) is 12.5 Å². The summed E-state index contributed by atoms with van der Waals surface area (Å²) in [4.78, 5) is 29.1. The molecule has 1 aliphatic rings. The Morgan fingerprint density at radius 3 is 2.86 bits per heavy atom. The number of carbonyl (C=O) groups excluding carboxylic acids is 1. The van der Waals surface area contributed by atoms with Crippen LogP contribution >= 0.6 is 0 Å². The summed E-state index contributed by atoms with van der Waals surface area (Å²) in [5.41, 5.74) is 0.120. The fourth-order valence-corrected chi connectivity index (χ4v) is 2.47. The molecule has 114 valence electrons. The SMILES string of the molecule is CCCN(C(=O)c1ccncc1O)C1COCC1C(=O)O. The number of ether oxygens (including phenoxy) is 1. The number of pyridine rings is 1. The van der Waals surface area contributed by atoms with Crippen LogP contribution in [0.2, 0.25) is 0 Å². The van der Waals surface area contributed by atoms with Gasteiger partial charge in [0.1, 0.15) is 11.7 Å². The van der Waals surface area contributed by atoms with Crippen LogP contribution in [0.25, 0.3) is 0 Å². The molecule has 1 amide bonds. The van der Waals surface area contributed by atoms with E-state index in [4.69, 9.17) is 4.74 Å². The number of hydrogen-bond donors (Lipinski definition) is 2. The lowest BCUT2D eigenvalue weighted by atomic mass is 10.0. The number of amides is 1. The smallest absolute Gasteiger partial charge is 0.311 e. The molecule has 2 rings (SSSR count). The molecule has 2 N–H and O–H groups in total. The predicted molar refractivity (Wildman–Crippen MR) is 73.0 cm³/mol. The monoisotopic (exact) mass is 294 g/mol. The molecule has 0 aliphatic carbocycles. The first kappa shape index (κ1) is 15.2. The van der Waals surface area contributed by atoms with Gasteiger partial charge in [-0.2, -0.15) is 0 Å². The van der Waals surface area contributed by atoms with Crippen LogP contribution in [0.15, 0.2) is 18.5 Å². The average molecular weight is 294 g/mol. The van der Waals surface area contributed by atoms with Gasteiger partial charge in [0.05, 0.1) is 31.0 Å². The van der Waals surface area contributed by atoms with Gasteiger partial charge < -0.3 is 19.8 Å². The molecule has 1 aromatic rings. The van der Waals surface area contributed by atoms with Crippen LogP contribution in [-0.4, -0.2) is 57.8 Å². The molecule has 0 spiro atoms. The summed E-state index contributed by atoms with van der Waals surface area (Å²) in [6.45, 7) is 2.58. The lowest BCUT2D eigenvalue weighted by Gasteiger charge is -2.30. The number of rotatable bonds is 5. The van der Waals surface area contributed by atoms with Crippen LogP contribution in [0.1, 0.15) is 23.7 Å². The van der Waals surface area contributed by atoms with E-state index in [0.717, 1.165) is 0 Å². The Balaban J connectivity index is 2.28. The van der Waals surface area contributed by atoms with Crippen molar-refractivity contribution < 1.29 is 24.5 Å². The number of hydrogen-bond acceptors (Lipinski definition) is 5. The summed E-state index contributed by atoms with van der Waals surface area (Å²) >= 11 is 0. The number of carbonyl (C=O) groups is 2. The second-order valence-corrected chi connectivity index (χ2v) is 4.94. The van der Waals surface area contributed by atoms with Crippen molar-refractivity contribution in [3.05, 3.63) is 24.0 Å². The minimum atomic E-state index is -0.981. The molecule has 21 heavy (non-hydrogen) atoms. The molecular formula is C14H18N2O5. The average Bonchev–Trinajstić information content (AvgIpc) is 2.94. The van der Waals surface area contributed by atoms with Gasteiger partial charge >= 0.3 is 5.97 Å². The van der Waals surface area contributed by atoms with Crippen LogP contribution in [0.3, 0.4) is 0 Å². The molecule has 2 atom stereocenters. The standard InChI is InChI=1S/C14H18N2O5/c1-2-5-16(11-8-21-7-10(11)14(19)20)13(18)9-3-4-15-6-12(9)17/h3-4,6,10-11,17H,2,5,7-8H2,1H3,(H,19,20). The van der Waals surface area contributed by atoms with Gasteiger partial charge in [-0.25, -0.2) is 0 Å². The maximum absolute atomic E-state index is 12.6. The summed E-state index contributed by atoms with van der Waals surface area (Å²) in [6, 6.07) is 0.897. The van der Waals surface area contributed by atoms with E-state index >= 15 is 0 Å². The third-order valence-electron chi connectivity index (χ3n) is 3.52. The molecule has 1 saturated heterocycles. The van der Waals surface area contributed by atoms with Crippen LogP contribution in [-0.2, 0) is 9.53 Å². The summed E-state index contributed by atoms with van der Waals surface area (Å²) in [6.07, 6.45) is 3.29. The maximum atomic E-state index is 12.6. The van der Waals surface area contributed by atoms with Crippen LogP contribution in [0, 0.1) is 5.92 Å². The quantitative estimate of drug-likeness (QED) is 0.830. The third-order valence-corrected chi connectivity index (χ3v) is 3.52. The van der Waals surface area contributed by atoms with Gasteiger partial charge in [0.15, 0.2) is 0 Å². The van der Waals surface area contributed by atoms with E-state index in [1.54, 1.807) is 0 Å². The number of carboxylic acids is 1. The van der Waals surface area contributed by atoms with Gasteiger partial charge in [-0.1, -0.05) is 6.92 Å². The molecule has 0 bridgehead atoms. The Morgan fingerprint density at radius 1 is 1.48 bits per heavy atom. The second kappa shape index (κ2) is 6.53. The molecule has 0 saturated carbocycles. The van der Waals surface area contributed by atoms with Crippen molar-refractivity contribution in [1.29, 1.82) is 0 Å². The van der Waals surface area contributed by atoms with Crippen molar-refractivity contribution >= 4 is 11.9 Å². The molecule has 7 nitrogen and oxygen atoms in total. The van der Waals surface area contributed by atoms with Crippen molar-refractivity contribution in [2.75, 3.05) is 19.8 Å². The van der Waals surface area contributed by atoms with Crippen LogP contribution in [0.5, 0.6) is 5.75 Å². The number of aliphatic carboxylic acids is 1. The molecule has 0 aromatic carbocycles. The Hall–Kier alpha value is -2.15. The van der Waals surface area contributed by atoms with E-state index in [1.807, 2.05) is 6.92 Å². The molecule has 1 fully saturated rings. The first-order valence-electron chi connectivity index (χ1n) is 6.80. The minimum absolute atomic E-state index is 0.0931. The molecule has 2 unspecified atom stereocenters. The van der Waals surface area contributed by atoms with Crippen LogP contribution in [0.4, 0.5) is 0 Å². The largest absolute Gasteiger partial charge is 0.505 e. The van der Waals surface area contributed by atoms with E-state index in [2.05, 4.69) is 4.98 Å². The maximum Gasteiger partial charge on any atom is 0.311 e. The van der Waals surface area contributed by atoms with Gasteiger partial charge in [0.2, 0.25) is 0 Å². The zero-order chi connectivity index (χ0) is 15.4. The molecule has 2 heterocycles. The van der Waals surface area contributed by atoms with Crippen molar-refractivity contribution in [2.45, 2.75) is 19.4 Å². The first-order valence-corrected chi connectivity index (χ1v) is 6.80.